The lowest BCUT2D eigenvalue weighted by molar-refractivity contribution is -0.141. The molecule has 2 amide bonds. The van der Waals surface area contributed by atoms with Crippen LogP contribution in [0.3, 0.4) is 0 Å². The number of halogens is 3. The first-order chi connectivity index (χ1) is 9.67. The maximum Gasteiger partial charge on any atom is 0.406 e. The van der Waals surface area contributed by atoms with Crippen LogP contribution in [-0.2, 0) is 4.79 Å². The fourth-order valence-electron chi connectivity index (χ4n) is 2.53. The molecule has 122 valence electrons. The molecule has 0 aliphatic heterocycles. The minimum Gasteiger partial charge on any atom is -0.481 e. The molecule has 1 aliphatic carbocycles. The van der Waals surface area contributed by atoms with Gasteiger partial charge in [-0.3, -0.25) is 4.79 Å². The van der Waals surface area contributed by atoms with Crippen LogP contribution in [0.2, 0.25) is 0 Å². The molecule has 1 aliphatic rings. The Bertz CT molecular complexity index is 381. The summed E-state index contributed by atoms with van der Waals surface area (Å²) in [6, 6.07) is -0.786. The lowest BCUT2D eigenvalue weighted by Gasteiger charge is -2.41. The summed E-state index contributed by atoms with van der Waals surface area (Å²) in [5.41, 5.74) is -0.502. The number of nitrogens with zero attached hydrogens (tertiary/aromatic N) is 1. The van der Waals surface area contributed by atoms with Crippen LogP contribution in [0.1, 0.15) is 39.0 Å². The molecule has 0 atom stereocenters. The number of carboxylic acid groups (broad SMARTS) is 1. The van der Waals surface area contributed by atoms with E-state index in [0.29, 0.717) is 24.2 Å². The van der Waals surface area contributed by atoms with Crippen molar-refractivity contribution in [2.24, 2.45) is 5.41 Å². The summed E-state index contributed by atoms with van der Waals surface area (Å²) >= 11 is 0. The SMILES string of the molecule is CCCN(CC(F)(F)F)C(=O)NCC1(CC(=O)O)CCC1. The van der Waals surface area contributed by atoms with E-state index in [4.69, 9.17) is 5.11 Å². The van der Waals surface area contributed by atoms with Crippen LogP contribution in [0.25, 0.3) is 0 Å². The van der Waals surface area contributed by atoms with E-state index in [-0.39, 0.29) is 19.5 Å². The third-order valence-corrected chi connectivity index (χ3v) is 3.71. The number of urea groups is 1. The molecule has 0 saturated heterocycles. The van der Waals surface area contributed by atoms with Gasteiger partial charge in [0.2, 0.25) is 0 Å². The van der Waals surface area contributed by atoms with Crippen LogP contribution in [0.4, 0.5) is 18.0 Å². The summed E-state index contributed by atoms with van der Waals surface area (Å²) in [6.07, 6.45) is -1.87. The zero-order chi connectivity index (χ0) is 16.1. The monoisotopic (exact) mass is 310 g/mol. The molecule has 0 aromatic carbocycles. The highest BCUT2D eigenvalue weighted by atomic mass is 19.4. The molecule has 0 bridgehead atoms. The largest absolute Gasteiger partial charge is 0.481 e. The molecule has 2 N–H and O–H groups in total. The summed E-state index contributed by atoms with van der Waals surface area (Å²) in [5.74, 6) is -0.954. The molecule has 1 saturated carbocycles. The second-order valence-corrected chi connectivity index (χ2v) is 5.62. The van der Waals surface area contributed by atoms with Gasteiger partial charge in [-0.15, -0.1) is 0 Å². The van der Waals surface area contributed by atoms with E-state index < -0.39 is 30.1 Å². The van der Waals surface area contributed by atoms with Crippen molar-refractivity contribution in [2.75, 3.05) is 19.6 Å². The van der Waals surface area contributed by atoms with Crippen molar-refractivity contribution in [1.29, 1.82) is 0 Å². The Balaban J connectivity index is 2.54. The number of hydrogen-bond donors (Lipinski definition) is 2. The minimum atomic E-state index is -4.44. The summed E-state index contributed by atoms with van der Waals surface area (Å²) in [7, 11) is 0. The fourth-order valence-corrected chi connectivity index (χ4v) is 2.53. The molecule has 21 heavy (non-hydrogen) atoms. The van der Waals surface area contributed by atoms with Crippen LogP contribution < -0.4 is 5.32 Å². The van der Waals surface area contributed by atoms with Gasteiger partial charge in [0.25, 0.3) is 0 Å². The van der Waals surface area contributed by atoms with Crippen molar-refractivity contribution in [3.8, 4) is 0 Å². The fraction of sp³-hybridized carbons (Fsp3) is 0.846. The second-order valence-electron chi connectivity index (χ2n) is 5.62. The molecule has 0 radical (unpaired) electrons. The van der Waals surface area contributed by atoms with Gasteiger partial charge in [-0.25, -0.2) is 4.79 Å². The lowest BCUT2D eigenvalue weighted by Crippen LogP contribution is -2.50. The molecule has 0 unspecified atom stereocenters. The number of carboxylic acids is 1. The van der Waals surface area contributed by atoms with Crippen LogP contribution >= 0.6 is 0 Å². The summed E-state index contributed by atoms with van der Waals surface area (Å²) < 4.78 is 37.2. The number of nitrogens with one attached hydrogen (secondary N) is 1. The van der Waals surface area contributed by atoms with Crippen LogP contribution in [0.5, 0.6) is 0 Å². The number of alkyl halides is 3. The zero-order valence-corrected chi connectivity index (χ0v) is 12.0. The Morgan fingerprint density at radius 3 is 2.33 bits per heavy atom. The molecule has 5 nitrogen and oxygen atoms in total. The van der Waals surface area contributed by atoms with Crippen molar-refractivity contribution in [2.45, 2.75) is 45.2 Å². The van der Waals surface area contributed by atoms with Crippen LogP contribution in [-0.4, -0.2) is 47.8 Å². The normalized spacial score (nSPS) is 17.0. The topological polar surface area (TPSA) is 69.6 Å². The highest BCUT2D eigenvalue weighted by molar-refractivity contribution is 5.74. The Hall–Kier alpha value is -1.47. The van der Waals surface area contributed by atoms with E-state index in [1.165, 1.54) is 0 Å². The highest BCUT2D eigenvalue weighted by Gasteiger charge is 2.40. The Kier molecular flexibility index (Phi) is 5.86. The van der Waals surface area contributed by atoms with Gasteiger partial charge < -0.3 is 15.3 Å². The van der Waals surface area contributed by atoms with Crippen molar-refractivity contribution in [1.82, 2.24) is 10.2 Å². The quantitative estimate of drug-likeness (QED) is 0.759. The van der Waals surface area contributed by atoms with Gasteiger partial charge in [0.15, 0.2) is 0 Å². The standard InChI is InChI=1S/C13H21F3N2O3/c1-2-6-18(9-13(14,15)16)11(21)17-8-12(4-3-5-12)7-10(19)20/h2-9H2,1H3,(H,17,21)(H,19,20). The molecule has 0 aromatic rings. The van der Waals surface area contributed by atoms with Gasteiger partial charge in [0, 0.05) is 13.1 Å². The molecule has 1 rings (SSSR count). The molecule has 0 heterocycles. The molecule has 0 aromatic heterocycles. The van der Waals surface area contributed by atoms with Gasteiger partial charge >= 0.3 is 18.2 Å². The Morgan fingerprint density at radius 2 is 1.95 bits per heavy atom. The van der Waals surface area contributed by atoms with E-state index >= 15 is 0 Å². The van der Waals surface area contributed by atoms with Crippen LogP contribution in [0, 0.1) is 5.41 Å². The summed E-state index contributed by atoms with van der Waals surface area (Å²) in [5, 5.41) is 11.3. The van der Waals surface area contributed by atoms with Gasteiger partial charge in [-0.2, -0.15) is 13.2 Å². The third kappa shape index (κ3) is 5.81. The average molecular weight is 310 g/mol. The molecular formula is C13H21F3N2O3. The van der Waals surface area contributed by atoms with Crippen molar-refractivity contribution in [3.63, 3.8) is 0 Å². The highest BCUT2D eigenvalue weighted by Crippen LogP contribution is 2.43. The van der Waals surface area contributed by atoms with E-state index in [2.05, 4.69) is 5.32 Å². The smallest absolute Gasteiger partial charge is 0.406 e. The maximum absolute atomic E-state index is 12.4. The van der Waals surface area contributed by atoms with Crippen molar-refractivity contribution in [3.05, 3.63) is 0 Å². The van der Waals surface area contributed by atoms with Gasteiger partial charge in [0.1, 0.15) is 6.54 Å². The first-order valence-corrected chi connectivity index (χ1v) is 6.99. The third-order valence-electron chi connectivity index (χ3n) is 3.71. The number of carbonyl (C=O) groups is 2. The second kappa shape index (κ2) is 7.00. The zero-order valence-electron chi connectivity index (χ0n) is 12.0. The lowest BCUT2D eigenvalue weighted by atomic mass is 9.66. The number of amides is 2. The molecule has 0 spiro atoms. The molecule has 1 fully saturated rings. The maximum atomic E-state index is 12.4. The number of hydrogen-bond acceptors (Lipinski definition) is 2. The summed E-state index contributed by atoms with van der Waals surface area (Å²) in [4.78, 5) is 23.4. The number of aliphatic carboxylic acids is 1. The van der Waals surface area contributed by atoms with Gasteiger partial charge in [0.05, 0.1) is 6.42 Å². The Labute approximate surface area is 121 Å². The van der Waals surface area contributed by atoms with E-state index in [9.17, 15) is 22.8 Å². The predicted molar refractivity (Wildman–Crippen MR) is 69.9 cm³/mol. The van der Waals surface area contributed by atoms with Crippen molar-refractivity contribution < 1.29 is 27.9 Å². The molecular weight excluding hydrogens is 289 g/mol. The van der Waals surface area contributed by atoms with E-state index in [1.54, 1.807) is 6.92 Å². The van der Waals surface area contributed by atoms with E-state index in [1.807, 2.05) is 0 Å². The van der Waals surface area contributed by atoms with Gasteiger partial charge in [-0.05, 0) is 24.7 Å². The average Bonchev–Trinajstić information content (AvgIpc) is 2.29. The van der Waals surface area contributed by atoms with Gasteiger partial charge in [-0.1, -0.05) is 13.3 Å². The summed E-state index contributed by atoms with van der Waals surface area (Å²) in [6.45, 7) is 0.514. The van der Waals surface area contributed by atoms with Crippen molar-refractivity contribution >= 4 is 12.0 Å². The predicted octanol–water partition coefficient (Wildman–Crippen LogP) is 2.62. The first kappa shape index (κ1) is 17.6. The van der Waals surface area contributed by atoms with E-state index in [0.717, 1.165) is 6.42 Å². The Morgan fingerprint density at radius 1 is 1.33 bits per heavy atom. The number of rotatable bonds is 7. The molecule has 8 heteroatoms. The van der Waals surface area contributed by atoms with Crippen LogP contribution in [0.15, 0.2) is 0 Å². The minimum absolute atomic E-state index is 0.0112. The number of carbonyl (C=O) groups excluding carboxylic acids is 1. The first-order valence-electron chi connectivity index (χ1n) is 6.99.